The number of carbonyl (C=O) groups excluding carboxylic acids is 4. The minimum atomic E-state index is -1.20. The minimum Gasteiger partial charge on any atom is -0.549 e. The van der Waals surface area contributed by atoms with Crippen LogP contribution < -0.4 is 39.8 Å². The van der Waals surface area contributed by atoms with Gasteiger partial charge >= 0.3 is 26.2 Å². The summed E-state index contributed by atoms with van der Waals surface area (Å²) in [7, 11) is 0. The van der Waals surface area contributed by atoms with Crippen molar-refractivity contribution in [1.29, 1.82) is 0 Å². The number of carboxylic acid groups (broad SMARTS) is 4. The Balaban J connectivity index is -0.0000000500. The molecule has 0 spiro atoms. The summed E-state index contributed by atoms with van der Waals surface area (Å²) >= 11 is 18.9. The molecule has 0 rings (SSSR count). The Labute approximate surface area is 198 Å². The largest absolute Gasteiger partial charge is 4.00 e. The average Bonchev–Trinajstić information content (AvgIpc) is 2.39. The Morgan fingerprint density at radius 1 is 0.538 bits per heavy atom. The Bertz CT molecular complexity index is 298. The van der Waals surface area contributed by atoms with Crippen LogP contribution in [0.4, 0.5) is 0 Å². The van der Waals surface area contributed by atoms with E-state index in [0.717, 1.165) is 0 Å². The van der Waals surface area contributed by atoms with Gasteiger partial charge in [0.05, 0.1) is 50.1 Å². The van der Waals surface area contributed by atoms with E-state index in [4.69, 9.17) is 47.1 Å². The summed E-state index contributed by atoms with van der Waals surface area (Å²) in [6, 6.07) is 0. The van der Waals surface area contributed by atoms with E-state index in [2.05, 4.69) is 0 Å². The zero-order valence-corrected chi connectivity index (χ0v) is 19.3. The van der Waals surface area contributed by atoms with Crippen molar-refractivity contribution in [2.75, 3.05) is 26.2 Å². The van der Waals surface area contributed by atoms with E-state index in [-0.39, 0.29) is 69.7 Å². The fraction of sp³-hybridized carbons (Fsp3) is 0.500. The molecule has 0 heterocycles. The van der Waals surface area contributed by atoms with E-state index in [9.17, 15) is 39.6 Å². The van der Waals surface area contributed by atoms with E-state index >= 15 is 0 Å². The van der Waals surface area contributed by atoms with Crippen LogP contribution in [0.15, 0.2) is 0 Å². The van der Waals surface area contributed by atoms with Crippen molar-refractivity contribution >= 4 is 88.3 Å². The van der Waals surface area contributed by atoms with Crippen LogP contribution in [0.3, 0.4) is 0 Å². The molecule has 0 bridgehead atoms. The van der Waals surface area contributed by atoms with E-state index in [1.165, 1.54) is 0 Å². The standard InChI is InChI=1S/4C2H4ClNO2.Al.Zr/c4*3-4-1-2(5)6;;/h4*4H,1H2,(H,5,6);;/q;;;;;+4/p-4. The first-order valence-electron chi connectivity index (χ1n) is 5.22. The molecule has 3 radical (unpaired) electrons. The van der Waals surface area contributed by atoms with E-state index in [1.807, 2.05) is 19.3 Å². The minimum absolute atomic E-state index is 0. The number of hydrogen-bond acceptors (Lipinski definition) is 12. The molecule has 0 aliphatic heterocycles. The predicted octanol–water partition coefficient (Wildman–Crippen LogP) is -6.46. The van der Waals surface area contributed by atoms with Crippen LogP contribution >= 0.6 is 47.1 Å². The van der Waals surface area contributed by atoms with E-state index in [1.54, 1.807) is 0 Å². The number of aliphatic carboxylic acids is 4. The molecule has 12 nitrogen and oxygen atoms in total. The molecule has 0 fully saturated rings. The normalized spacial score (nSPS) is 7.54. The van der Waals surface area contributed by atoms with Gasteiger partial charge in [0.1, 0.15) is 0 Å². The predicted molar refractivity (Wildman–Crippen MR) is 81.2 cm³/mol. The summed E-state index contributed by atoms with van der Waals surface area (Å²) < 4.78 is 0. The summed E-state index contributed by atoms with van der Waals surface area (Å²) in [6.45, 7) is -1.22. The summed E-state index contributed by atoms with van der Waals surface area (Å²) in [6.07, 6.45) is 0. The second-order valence-electron chi connectivity index (χ2n) is 2.73. The van der Waals surface area contributed by atoms with Gasteiger partial charge in [-0.05, 0) is 47.1 Å². The number of rotatable bonds is 8. The molecule has 0 atom stereocenters. The maximum absolute atomic E-state index is 9.34. The van der Waals surface area contributed by atoms with Crippen LogP contribution in [0.2, 0.25) is 0 Å². The maximum Gasteiger partial charge on any atom is 4.00 e. The molecule has 0 aromatic heterocycles. The molecular formula is C8H12AlCl4N4O8Zr. The van der Waals surface area contributed by atoms with Gasteiger partial charge in [0.25, 0.3) is 0 Å². The van der Waals surface area contributed by atoms with Crippen molar-refractivity contribution in [1.82, 2.24) is 19.3 Å². The monoisotopic (exact) mass is 549 g/mol. The Hall–Kier alpha value is 0.296. The van der Waals surface area contributed by atoms with Crippen molar-refractivity contribution in [2.45, 2.75) is 0 Å². The van der Waals surface area contributed by atoms with Gasteiger partial charge in [-0.15, -0.1) is 0 Å². The van der Waals surface area contributed by atoms with Crippen LogP contribution in [0.1, 0.15) is 0 Å². The molecule has 0 aliphatic carbocycles. The van der Waals surface area contributed by atoms with Crippen molar-refractivity contribution < 1.29 is 65.8 Å². The quantitative estimate of drug-likeness (QED) is 0.164. The number of carbonyl (C=O) groups is 4. The van der Waals surface area contributed by atoms with Gasteiger partial charge in [-0.1, -0.05) is 0 Å². The van der Waals surface area contributed by atoms with Gasteiger partial charge in [0.15, 0.2) is 0 Å². The second-order valence-corrected chi connectivity index (χ2v) is 3.80. The second kappa shape index (κ2) is 36.2. The summed E-state index contributed by atoms with van der Waals surface area (Å²) in [5, 5.41) is 37.4. The zero-order valence-electron chi connectivity index (χ0n) is 12.7. The number of carboxylic acids is 4. The number of nitrogens with one attached hydrogen (secondary N) is 4. The maximum atomic E-state index is 9.34. The summed E-state index contributed by atoms with van der Waals surface area (Å²) in [5.74, 6) is -4.81. The molecule has 0 aromatic rings. The number of halogens is 4. The molecule has 0 amide bonds. The number of hydrogen-bond donors (Lipinski definition) is 4. The van der Waals surface area contributed by atoms with Crippen molar-refractivity contribution in [2.24, 2.45) is 0 Å². The molecular weight excluding hydrogens is 540 g/mol. The fourth-order valence-corrected chi connectivity index (χ4v) is 0.655. The fourth-order valence-electron chi connectivity index (χ4n) is 0.218. The Morgan fingerprint density at radius 3 is 0.654 bits per heavy atom. The van der Waals surface area contributed by atoms with Crippen molar-refractivity contribution in [3.63, 3.8) is 0 Å². The van der Waals surface area contributed by atoms with Crippen LogP contribution in [-0.2, 0) is 45.4 Å². The zero-order chi connectivity index (χ0) is 20.0. The van der Waals surface area contributed by atoms with Crippen LogP contribution in [0.25, 0.3) is 0 Å². The van der Waals surface area contributed by atoms with E-state index in [0.29, 0.717) is 0 Å². The van der Waals surface area contributed by atoms with Gasteiger partial charge < -0.3 is 39.6 Å². The molecule has 0 aromatic carbocycles. The molecule has 0 unspecified atom stereocenters. The van der Waals surface area contributed by atoms with Gasteiger partial charge in [0.2, 0.25) is 0 Å². The van der Waals surface area contributed by atoms with Gasteiger partial charge in [-0.3, -0.25) is 0 Å². The first-order valence-corrected chi connectivity index (χ1v) is 6.73. The van der Waals surface area contributed by atoms with E-state index < -0.39 is 23.9 Å². The first kappa shape index (κ1) is 40.8. The molecule has 0 aliphatic rings. The third-order valence-electron chi connectivity index (χ3n) is 0.845. The van der Waals surface area contributed by atoms with Gasteiger partial charge in [-0.2, -0.15) is 0 Å². The van der Waals surface area contributed by atoms with Crippen molar-refractivity contribution in [3.05, 3.63) is 0 Å². The molecule has 4 N–H and O–H groups in total. The van der Waals surface area contributed by atoms with Crippen LogP contribution in [0.5, 0.6) is 0 Å². The molecule has 0 saturated heterocycles. The van der Waals surface area contributed by atoms with Gasteiger partial charge in [-0.25, -0.2) is 19.3 Å². The average molecular weight is 552 g/mol. The van der Waals surface area contributed by atoms with Crippen molar-refractivity contribution in [3.8, 4) is 0 Å². The third kappa shape index (κ3) is 87.2. The molecule has 147 valence electrons. The molecule has 0 saturated carbocycles. The topological polar surface area (TPSA) is 209 Å². The first-order chi connectivity index (χ1) is 11.1. The van der Waals surface area contributed by atoms with Crippen LogP contribution in [-0.4, -0.2) is 67.4 Å². The third-order valence-corrected chi connectivity index (χ3v) is 1.38. The van der Waals surface area contributed by atoms with Crippen LogP contribution in [0, 0.1) is 0 Å². The summed E-state index contributed by atoms with van der Waals surface area (Å²) in [5.41, 5.74) is 0. The Morgan fingerprint density at radius 2 is 0.654 bits per heavy atom. The molecule has 26 heavy (non-hydrogen) atoms. The molecule has 18 heteroatoms. The smallest absolute Gasteiger partial charge is 0.549 e. The SMILES string of the molecule is O=C([O-])CNCl.O=C([O-])CNCl.O=C([O-])CNCl.O=C([O-])CNCl.[Al].[Zr+4]. The van der Waals surface area contributed by atoms with Gasteiger partial charge in [0, 0.05) is 17.4 Å². The summed E-state index contributed by atoms with van der Waals surface area (Å²) in [4.78, 5) is 44.9. The Kier molecular flexibility index (Phi) is 56.9.